The Kier molecular flexibility index (Phi) is 4.39. The average molecular weight is 328 g/mol. The third kappa shape index (κ3) is 3.10. The summed E-state index contributed by atoms with van der Waals surface area (Å²) in [6, 6.07) is 16.1. The Labute approximate surface area is 139 Å². The monoisotopic (exact) mass is 328 g/mol. The maximum atomic E-state index is 11.9. The first-order valence-electron chi connectivity index (χ1n) is 7.32. The molecule has 0 heterocycles. The molecule has 1 unspecified atom stereocenters. The highest BCUT2D eigenvalue weighted by Gasteiger charge is 2.29. The second-order valence-electron chi connectivity index (χ2n) is 5.47. The van der Waals surface area contributed by atoms with Gasteiger partial charge in [0.1, 0.15) is 11.9 Å². The maximum Gasteiger partial charge on any atom is 0.319 e. The zero-order valence-electron chi connectivity index (χ0n) is 12.3. The van der Waals surface area contributed by atoms with Gasteiger partial charge in [0.2, 0.25) is 0 Å². The fraction of sp³-hybridized carbons (Fsp3) is 0.222. The van der Waals surface area contributed by atoms with Crippen LogP contribution >= 0.6 is 12.6 Å². The predicted octanol–water partition coefficient (Wildman–Crippen LogP) is 3.12. The molecular formula is C18H16O4S. The standard InChI is InChI=1S/C18H16O4S/c19-17(20)9-16(23)18(21)22-10-15-13-7-3-1-5-11(13)12-6-2-4-8-14(12)15/h1-8,15-16,23H,9-10H2,(H,19,20). The fourth-order valence-corrected chi connectivity index (χ4v) is 3.18. The van der Waals surface area contributed by atoms with Gasteiger partial charge in [-0.2, -0.15) is 12.6 Å². The van der Waals surface area contributed by atoms with Gasteiger partial charge in [0, 0.05) is 5.92 Å². The van der Waals surface area contributed by atoms with Gasteiger partial charge in [-0.25, -0.2) is 0 Å². The van der Waals surface area contributed by atoms with E-state index < -0.39 is 17.2 Å². The smallest absolute Gasteiger partial charge is 0.319 e. The Morgan fingerprint density at radius 3 is 2.09 bits per heavy atom. The van der Waals surface area contributed by atoms with Gasteiger partial charge < -0.3 is 9.84 Å². The highest BCUT2D eigenvalue weighted by Crippen LogP contribution is 2.44. The quantitative estimate of drug-likeness (QED) is 0.654. The Morgan fingerprint density at radius 1 is 1.04 bits per heavy atom. The molecule has 0 aromatic heterocycles. The van der Waals surface area contributed by atoms with Crippen LogP contribution in [0.5, 0.6) is 0 Å². The molecule has 0 saturated carbocycles. The molecule has 0 bridgehead atoms. The van der Waals surface area contributed by atoms with Gasteiger partial charge in [-0.3, -0.25) is 9.59 Å². The van der Waals surface area contributed by atoms with Crippen LogP contribution in [0.25, 0.3) is 11.1 Å². The maximum absolute atomic E-state index is 11.9. The van der Waals surface area contributed by atoms with E-state index in [-0.39, 0.29) is 18.9 Å². The number of hydrogen-bond acceptors (Lipinski definition) is 4. The molecule has 0 aliphatic heterocycles. The van der Waals surface area contributed by atoms with Gasteiger partial charge in [-0.1, -0.05) is 48.5 Å². The third-order valence-electron chi connectivity index (χ3n) is 3.99. The van der Waals surface area contributed by atoms with E-state index in [4.69, 9.17) is 9.84 Å². The molecule has 2 aromatic carbocycles. The van der Waals surface area contributed by atoms with Crippen molar-refractivity contribution in [3.8, 4) is 11.1 Å². The van der Waals surface area contributed by atoms with Crippen molar-refractivity contribution in [1.82, 2.24) is 0 Å². The van der Waals surface area contributed by atoms with Crippen molar-refractivity contribution in [3.63, 3.8) is 0 Å². The highest BCUT2D eigenvalue weighted by atomic mass is 32.1. The average Bonchev–Trinajstić information content (AvgIpc) is 2.86. The molecule has 0 saturated heterocycles. The van der Waals surface area contributed by atoms with Crippen molar-refractivity contribution < 1.29 is 19.4 Å². The van der Waals surface area contributed by atoms with Crippen molar-refractivity contribution in [3.05, 3.63) is 59.7 Å². The first-order valence-corrected chi connectivity index (χ1v) is 7.84. The van der Waals surface area contributed by atoms with E-state index >= 15 is 0 Å². The lowest BCUT2D eigenvalue weighted by atomic mass is 9.98. The van der Waals surface area contributed by atoms with Gasteiger partial charge in [-0.15, -0.1) is 0 Å². The lowest BCUT2D eigenvalue weighted by Gasteiger charge is -2.15. The minimum Gasteiger partial charge on any atom is -0.481 e. The van der Waals surface area contributed by atoms with E-state index in [0.717, 1.165) is 22.3 Å². The van der Waals surface area contributed by atoms with E-state index in [0.29, 0.717) is 0 Å². The summed E-state index contributed by atoms with van der Waals surface area (Å²) in [5.41, 5.74) is 4.54. The van der Waals surface area contributed by atoms with E-state index in [1.54, 1.807) is 0 Å². The summed E-state index contributed by atoms with van der Waals surface area (Å²) in [7, 11) is 0. The summed E-state index contributed by atoms with van der Waals surface area (Å²) in [5.74, 6) is -1.70. The Hall–Kier alpha value is -2.27. The number of carbonyl (C=O) groups excluding carboxylic acids is 1. The number of carboxylic acids is 1. The molecule has 0 spiro atoms. The second-order valence-corrected chi connectivity index (χ2v) is 6.09. The summed E-state index contributed by atoms with van der Waals surface area (Å²) < 4.78 is 5.32. The largest absolute Gasteiger partial charge is 0.481 e. The number of aliphatic carboxylic acids is 1. The summed E-state index contributed by atoms with van der Waals surface area (Å²) >= 11 is 4.00. The molecule has 0 fully saturated rings. The van der Waals surface area contributed by atoms with Gasteiger partial charge in [0.25, 0.3) is 0 Å². The van der Waals surface area contributed by atoms with Crippen molar-refractivity contribution in [2.45, 2.75) is 17.6 Å². The van der Waals surface area contributed by atoms with Crippen LogP contribution in [0.2, 0.25) is 0 Å². The van der Waals surface area contributed by atoms with E-state index in [2.05, 4.69) is 24.8 Å². The third-order valence-corrected chi connectivity index (χ3v) is 4.39. The number of ether oxygens (including phenoxy) is 1. The number of carbonyl (C=O) groups is 2. The summed E-state index contributed by atoms with van der Waals surface area (Å²) in [4.78, 5) is 22.5. The topological polar surface area (TPSA) is 63.6 Å². The number of thiol groups is 1. The van der Waals surface area contributed by atoms with Crippen LogP contribution in [0.15, 0.2) is 48.5 Å². The molecule has 0 amide bonds. The van der Waals surface area contributed by atoms with Crippen molar-refractivity contribution in [2.24, 2.45) is 0 Å². The van der Waals surface area contributed by atoms with Crippen LogP contribution in [-0.2, 0) is 14.3 Å². The van der Waals surface area contributed by atoms with Crippen LogP contribution in [0.3, 0.4) is 0 Å². The predicted molar refractivity (Wildman–Crippen MR) is 89.7 cm³/mol. The molecule has 0 radical (unpaired) electrons. The zero-order chi connectivity index (χ0) is 16.4. The molecule has 1 N–H and O–H groups in total. The molecule has 2 aromatic rings. The summed E-state index contributed by atoms with van der Waals surface area (Å²) in [5, 5.41) is 7.77. The molecule has 1 atom stereocenters. The summed E-state index contributed by atoms with van der Waals surface area (Å²) in [6.45, 7) is 0.184. The Bertz CT molecular complexity index is 711. The molecule has 5 heteroatoms. The summed E-state index contributed by atoms with van der Waals surface area (Å²) in [6.07, 6.45) is -0.347. The molecule has 1 aliphatic rings. The van der Waals surface area contributed by atoms with Gasteiger partial charge in [0.15, 0.2) is 0 Å². The van der Waals surface area contributed by atoms with Crippen molar-refractivity contribution in [2.75, 3.05) is 6.61 Å². The number of fused-ring (bicyclic) bond motifs is 3. The van der Waals surface area contributed by atoms with Crippen LogP contribution in [-0.4, -0.2) is 28.9 Å². The first kappa shape index (κ1) is 15.6. The number of rotatable bonds is 5. The molecule has 23 heavy (non-hydrogen) atoms. The SMILES string of the molecule is O=C(O)CC(S)C(=O)OCC1c2ccccc2-c2ccccc21. The van der Waals surface area contributed by atoms with Crippen LogP contribution in [0, 0.1) is 0 Å². The minimum absolute atomic E-state index is 0.0308. The fourth-order valence-electron chi connectivity index (χ4n) is 2.95. The van der Waals surface area contributed by atoms with Gasteiger partial charge in [-0.05, 0) is 22.3 Å². The van der Waals surface area contributed by atoms with Crippen LogP contribution < -0.4 is 0 Å². The van der Waals surface area contributed by atoms with E-state index in [1.807, 2.05) is 36.4 Å². The lowest BCUT2D eigenvalue weighted by molar-refractivity contribution is -0.147. The minimum atomic E-state index is -1.07. The Morgan fingerprint density at radius 2 is 1.57 bits per heavy atom. The number of hydrogen-bond donors (Lipinski definition) is 2. The normalized spacial score (nSPS) is 14.0. The molecule has 4 nitrogen and oxygen atoms in total. The number of benzene rings is 2. The van der Waals surface area contributed by atoms with Crippen molar-refractivity contribution >= 4 is 24.6 Å². The lowest BCUT2D eigenvalue weighted by Crippen LogP contribution is -2.23. The second kappa shape index (κ2) is 6.46. The molecule has 118 valence electrons. The zero-order valence-corrected chi connectivity index (χ0v) is 13.2. The highest BCUT2D eigenvalue weighted by molar-refractivity contribution is 7.81. The molecular weight excluding hydrogens is 312 g/mol. The van der Waals surface area contributed by atoms with E-state index in [1.165, 1.54) is 0 Å². The van der Waals surface area contributed by atoms with Crippen molar-refractivity contribution in [1.29, 1.82) is 0 Å². The molecule has 1 aliphatic carbocycles. The van der Waals surface area contributed by atoms with Gasteiger partial charge in [0.05, 0.1) is 6.42 Å². The first-order chi connectivity index (χ1) is 11.1. The van der Waals surface area contributed by atoms with Gasteiger partial charge >= 0.3 is 11.9 Å². The van der Waals surface area contributed by atoms with Crippen LogP contribution in [0.1, 0.15) is 23.5 Å². The number of carboxylic acid groups (broad SMARTS) is 1. The molecule has 3 rings (SSSR count). The Balaban J connectivity index is 1.78. The van der Waals surface area contributed by atoms with Crippen LogP contribution in [0.4, 0.5) is 0 Å². The number of esters is 1. The van der Waals surface area contributed by atoms with E-state index in [9.17, 15) is 9.59 Å².